The highest BCUT2D eigenvalue weighted by Crippen LogP contribution is 2.44. The van der Waals surface area contributed by atoms with Gasteiger partial charge in [0.05, 0.1) is 36.5 Å². The van der Waals surface area contributed by atoms with Crippen molar-refractivity contribution in [2.45, 2.75) is 91.3 Å². The lowest BCUT2D eigenvalue weighted by Crippen LogP contribution is -3.09. The van der Waals surface area contributed by atoms with Crippen LogP contribution in [-0.4, -0.2) is 23.7 Å². The van der Waals surface area contributed by atoms with Gasteiger partial charge in [0.1, 0.15) is 0 Å². The normalized spacial score (nSPS) is 31.2. The summed E-state index contributed by atoms with van der Waals surface area (Å²) in [4.78, 5) is 0. The largest absolute Gasteiger partial charge is 0.343 e. The van der Waals surface area contributed by atoms with E-state index in [0.29, 0.717) is 16.5 Å². The summed E-state index contributed by atoms with van der Waals surface area (Å²) in [5.74, 6) is 0.852. The maximum Gasteiger partial charge on any atom is 0.0979 e. The smallest absolute Gasteiger partial charge is 0.0979 e. The van der Waals surface area contributed by atoms with Crippen LogP contribution < -0.4 is 10.6 Å². The number of quaternary nitrogens is 2. The van der Waals surface area contributed by atoms with Gasteiger partial charge in [0.2, 0.25) is 0 Å². The van der Waals surface area contributed by atoms with Crippen LogP contribution in [0.15, 0.2) is 11.6 Å². The van der Waals surface area contributed by atoms with E-state index >= 15 is 0 Å². The third-order valence-corrected chi connectivity index (χ3v) is 6.12. The first kappa shape index (κ1) is 17.0. The molecule has 1 heterocycles. The van der Waals surface area contributed by atoms with Gasteiger partial charge in [-0.3, -0.25) is 0 Å². The molecular formula is C19H38N2+2. The first-order chi connectivity index (χ1) is 9.52. The van der Waals surface area contributed by atoms with Gasteiger partial charge in [-0.15, -0.1) is 0 Å². The van der Waals surface area contributed by atoms with Crippen molar-refractivity contribution in [1.82, 2.24) is 0 Å². The minimum absolute atomic E-state index is 0.397. The van der Waals surface area contributed by atoms with Crippen LogP contribution in [0.25, 0.3) is 0 Å². The molecule has 0 bridgehead atoms. The Bertz CT molecular complexity index is 388. The first-order valence-electron chi connectivity index (χ1n) is 8.89. The summed E-state index contributed by atoms with van der Waals surface area (Å²) in [7, 11) is 0. The highest BCUT2D eigenvalue weighted by atomic mass is 15.1. The second-order valence-corrected chi connectivity index (χ2v) is 9.64. The van der Waals surface area contributed by atoms with Gasteiger partial charge in [-0.1, -0.05) is 25.5 Å². The molecule has 1 saturated heterocycles. The Labute approximate surface area is 132 Å². The molecule has 1 fully saturated rings. The van der Waals surface area contributed by atoms with Crippen molar-refractivity contribution in [3.05, 3.63) is 11.6 Å². The fourth-order valence-corrected chi connectivity index (χ4v) is 4.98. The fourth-order valence-electron chi connectivity index (χ4n) is 4.98. The molecule has 2 heteroatoms. The van der Waals surface area contributed by atoms with Crippen LogP contribution in [0, 0.1) is 11.3 Å². The van der Waals surface area contributed by atoms with Crippen molar-refractivity contribution in [3.8, 4) is 0 Å². The van der Waals surface area contributed by atoms with E-state index in [2.05, 4.69) is 65.2 Å². The van der Waals surface area contributed by atoms with Crippen molar-refractivity contribution in [1.29, 1.82) is 0 Å². The van der Waals surface area contributed by atoms with E-state index in [1.165, 1.54) is 32.2 Å². The molecule has 2 aliphatic rings. The van der Waals surface area contributed by atoms with E-state index < -0.39 is 0 Å². The Hall–Kier alpha value is -0.340. The van der Waals surface area contributed by atoms with E-state index in [1.54, 1.807) is 5.57 Å². The second-order valence-electron chi connectivity index (χ2n) is 9.64. The lowest BCUT2D eigenvalue weighted by Gasteiger charge is -2.41. The van der Waals surface area contributed by atoms with E-state index in [1.807, 2.05) is 0 Å². The minimum atomic E-state index is 0.397. The molecule has 0 amide bonds. The zero-order chi connectivity index (χ0) is 15.9. The van der Waals surface area contributed by atoms with Gasteiger partial charge < -0.3 is 10.6 Å². The predicted molar refractivity (Wildman–Crippen MR) is 90.2 cm³/mol. The molecule has 1 atom stereocenters. The third-order valence-electron chi connectivity index (χ3n) is 6.12. The maximum atomic E-state index is 2.65. The molecule has 2 nitrogen and oxygen atoms in total. The van der Waals surface area contributed by atoms with Crippen molar-refractivity contribution in [2.75, 3.05) is 6.54 Å². The zero-order valence-corrected chi connectivity index (χ0v) is 15.4. The van der Waals surface area contributed by atoms with E-state index in [9.17, 15) is 0 Å². The lowest BCUT2D eigenvalue weighted by atomic mass is 9.76. The molecule has 0 aromatic carbocycles. The first-order valence-corrected chi connectivity index (χ1v) is 8.89. The molecule has 1 aliphatic carbocycles. The molecule has 0 saturated carbocycles. The molecule has 2 rings (SSSR count). The molecule has 0 aromatic rings. The summed E-state index contributed by atoms with van der Waals surface area (Å²) in [6.45, 7) is 18.1. The summed E-state index contributed by atoms with van der Waals surface area (Å²) >= 11 is 0. The molecule has 4 N–H and O–H groups in total. The Balaban J connectivity index is 1.82. The molecular weight excluding hydrogens is 256 g/mol. The summed E-state index contributed by atoms with van der Waals surface area (Å²) < 4.78 is 0. The number of hydrogen-bond acceptors (Lipinski definition) is 0. The Morgan fingerprint density at radius 2 is 1.67 bits per heavy atom. The van der Waals surface area contributed by atoms with Crippen LogP contribution in [0.4, 0.5) is 0 Å². The quantitative estimate of drug-likeness (QED) is 0.746. The van der Waals surface area contributed by atoms with Crippen LogP contribution >= 0.6 is 0 Å². The second kappa shape index (κ2) is 5.70. The molecule has 0 spiro atoms. The summed E-state index contributed by atoms with van der Waals surface area (Å²) in [6, 6.07) is 0.804. The Kier molecular flexibility index (Phi) is 4.62. The predicted octanol–water partition coefficient (Wildman–Crippen LogP) is 2.22. The number of hydrogen-bond donors (Lipinski definition) is 2. The average molecular weight is 295 g/mol. The van der Waals surface area contributed by atoms with E-state index in [0.717, 1.165) is 12.0 Å². The van der Waals surface area contributed by atoms with Crippen LogP contribution in [0.3, 0.4) is 0 Å². The van der Waals surface area contributed by atoms with Gasteiger partial charge in [0.25, 0.3) is 0 Å². The standard InChI is InChI=1S/C19H36N2/c1-14-8-9-15(19(14,6)7)10-11-20-16-12-17(2,3)21-18(4,5)13-16/h8,15-16,20-21H,9-13H2,1-7H3/p+2/t15-/m0/s1. The number of rotatable bonds is 4. The van der Waals surface area contributed by atoms with Crippen molar-refractivity contribution >= 4 is 0 Å². The highest BCUT2D eigenvalue weighted by Gasteiger charge is 2.43. The zero-order valence-electron chi connectivity index (χ0n) is 15.4. The average Bonchev–Trinajstić information content (AvgIpc) is 2.51. The summed E-state index contributed by atoms with van der Waals surface area (Å²) in [6.07, 6.45) is 7.79. The molecule has 0 radical (unpaired) electrons. The lowest BCUT2D eigenvalue weighted by molar-refractivity contribution is -0.814. The molecule has 0 aromatic heterocycles. The van der Waals surface area contributed by atoms with Crippen molar-refractivity contribution in [2.24, 2.45) is 11.3 Å². The topological polar surface area (TPSA) is 33.2 Å². The van der Waals surface area contributed by atoms with E-state index in [4.69, 9.17) is 0 Å². The minimum Gasteiger partial charge on any atom is -0.343 e. The monoisotopic (exact) mass is 294 g/mol. The van der Waals surface area contributed by atoms with Crippen LogP contribution in [0.2, 0.25) is 0 Å². The Morgan fingerprint density at radius 3 is 2.14 bits per heavy atom. The Morgan fingerprint density at radius 1 is 1.10 bits per heavy atom. The van der Waals surface area contributed by atoms with Gasteiger partial charge in [-0.2, -0.15) is 0 Å². The summed E-state index contributed by atoms with van der Waals surface area (Å²) in [5, 5.41) is 5.23. The molecule has 0 unspecified atom stereocenters. The number of nitrogens with two attached hydrogens (primary N) is 2. The highest BCUT2D eigenvalue weighted by molar-refractivity contribution is 5.17. The van der Waals surface area contributed by atoms with Gasteiger partial charge in [0.15, 0.2) is 0 Å². The summed E-state index contributed by atoms with van der Waals surface area (Å²) in [5.41, 5.74) is 2.82. The molecule has 122 valence electrons. The number of piperidine rings is 1. The van der Waals surface area contributed by atoms with Gasteiger partial charge in [0, 0.05) is 6.42 Å². The van der Waals surface area contributed by atoms with Crippen LogP contribution in [0.5, 0.6) is 0 Å². The van der Waals surface area contributed by atoms with Crippen LogP contribution in [0.1, 0.15) is 74.1 Å². The third kappa shape index (κ3) is 4.10. The van der Waals surface area contributed by atoms with E-state index in [-0.39, 0.29) is 0 Å². The maximum absolute atomic E-state index is 2.65. The van der Waals surface area contributed by atoms with Crippen LogP contribution in [-0.2, 0) is 0 Å². The fraction of sp³-hybridized carbons (Fsp3) is 0.895. The molecule has 21 heavy (non-hydrogen) atoms. The van der Waals surface area contributed by atoms with Crippen molar-refractivity contribution < 1.29 is 10.6 Å². The molecule has 1 aliphatic heterocycles. The van der Waals surface area contributed by atoms with Gasteiger partial charge in [-0.05, 0) is 52.4 Å². The van der Waals surface area contributed by atoms with Crippen molar-refractivity contribution in [3.63, 3.8) is 0 Å². The SMILES string of the molecule is CC1=CC[C@@H](CC[NH2+]C2CC(C)(C)[NH2+]C(C)(C)C2)C1(C)C. The van der Waals surface area contributed by atoms with Gasteiger partial charge in [-0.25, -0.2) is 0 Å². The van der Waals surface area contributed by atoms with Gasteiger partial charge >= 0.3 is 0 Å². The number of allylic oxidation sites excluding steroid dienone is 2.